The summed E-state index contributed by atoms with van der Waals surface area (Å²) in [5, 5.41) is 3.39. The van der Waals surface area contributed by atoms with Gasteiger partial charge in [0, 0.05) is 18.8 Å². The van der Waals surface area contributed by atoms with Gasteiger partial charge in [0.05, 0.1) is 23.4 Å². The van der Waals surface area contributed by atoms with Crippen LogP contribution in [0.25, 0.3) is 0 Å². The third kappa shape index (κ3) is 4.27. The van der Waals surface area contributed by atoms with E-state index < -0.39 is 5.97 Å². The number of carbonyl (C=O) groups is 2. The fourth-order valence-corrected chi connectivity index (χ4v) is 2.65. The first-order chi connectivity index (χ1) is 13.5. The van der Waals surface area contributed by atoms with Crippen LogP contribution in [-0.2, 0) is 4.74 Å². The zero-order chi connectivity index (χ0) is 20.1. The van der Waals surface area contributed by atoms with Gasteiger partial charge in [0.1, 0.15) is 17.8 Å². The fraction of sp³-hybridized carbons (Fsp3) is 0.100. The van der Waals surface area contributed by atoms with E-state index in [9.17, 15) is 9.59 Å². The summed E-state index contributed by atoms with van der Waals surface area (Å²) < 4.78 is 4.71. The largest absolute Gasteiger partial charge is 0.465 e. The highest BCUT2D eigenvalue weighted by Gasteiger charge is 2.16. The van der Waals surface area contributed by atoms with Crippen molar-refractivity contribution >= 4 is 40.7 Å². The van der Waals surface area contributed by atoms with Crippen LogP contribution in [0.5, 0.6) is 0 Å². The molecule has 1 heterocycles. The van der Waals surface area contributed by atoms with Crippen molar-refractivity contribution in [3.8, 4) is 0 Å². The molecule has 0 spiro atoms. The Hall–Kier alpha value is -3.45. The summed E-state index contributed by atoms with van der Waals surface area (Å²) >= 11 is 6.19. The van der Waals surface area contributed by atoms with E-state index >= 15 is 0 Å². The lowest BCUT2D eigenvalue weighted by Gasteiger charge is -2.17. The first kappa shape index (κ1) is 19.3. The van der Waals surface area contributed by atoms with E-state index in [1.54, 1.807) is 25.2 Å². The van der Waals surface area contributed by atoms with Crippen LogP contribution in [-0.4, -0.2) is 36.0 Å². The monoisotopic (exact) mass is 396 g/mol. The predicted octanol–water partition coefficient (Wildman–Crippen LogP) is 3.94. The van der Waals surface area contributed by atoms with E-state index in [4.69, 9.17) is 16.3 Å². The average Bonchev–Trinajstić information content (AvgIpc) is 2.74. The van der Waals surface area contributed by atoms with E-state index in [0.29, 0.717) is 22.1 Å². The van der Waals surface area contributed by atoms with Crippen molar-refractivity contribution in [1.29, 1.82) is 0 Å². The van der Waals surface area contributed by atoms with E-state index in [1.165, 1.54) is 24.4 Å². The number of anilines is 3. The number of hydrogen-bond acceptors (Lipinski definition) is 6. The number of benzene rings is 2. The van der Waals surface area contributed by atoms with Gasteiger partial charge in [0.2, 0.25) is 0 Å². The third-order valence-corrected chi connectivity index (χ3v) is 4.31. The summed E-state index contributed by atoms with van der Waals surface area (Å²) in [4.78, 5) is 34.1. The Balaban J connectivity index is 1.84. The molecule has 8 heteroatoms. The Kier molecular flexibility index (Phi) is 5.86. The van der Waals surface area contributed by atoms with Gasteiger partial charge in [-0.2, -0.15) is 0 Å². The zero-order valence-corrected chi connectivity index (χ0v) is 16.0. The molecule has 0 fully saturated rings. The fourth-order valence-electron chi connectivity index (χ4n) is 2.49. The van der Waals surface area contributed by atoms with E-state index in [1.807, 2.05) is 30.3 Å². The molecule has 142 valence electrons. The van der Waals surface area contributed by atoms with Gasteiger partial charge in [-0.25, -0.2) is 14.8 Å². The molecule has 1 aromatic heterocycles. The molecule has 0 aliphatic carbocycles. The first-order valence-corrected chi connectivity index (χ1v) is 8.67. The molecule has 28 heavy (non-hydrogen) atoms. The number of nitrogens with one attached hydrogen (secondary N) is 1. The topological polar surface area (TPSA) is 84.4 Å². The lowest BCUT2D eigenvalue weighted by Crippen LogP contribution is -2.27. The maximum atomic E-state index is 12.7. The molecule has 0 radical (unpaired) electrons. The number of esters is 1. The SMILES string of the molecule is COC(=O)c1ccc(Cl)c(Nc2cc(C(=O)N(C)c3ccccc3)ncn2)c1. The van der Waals surface area contributed by atoms with Gasteiger partial charge in [-0.05, 0) is 30.3 Å². The van der Waals surface area contributed by atoms with E-state index in [2.05, 4.69) is 15.3 Å². The van der Waals surface area contributed by atoms with Crippen LogP contribution in [0.3, 0.4) is 0 Å². The molecule has 1 amide bonds. The maximum Gasteiger partial charge on any atom is 0.337 e. The molecule has 0 unspecified atom stereocenters. The normalized spacial score (nSPS) is 10.2. The van der Waals surface area contributed by atoms with Gasteiger partial charge < -0.3 is 15.0 Å². The molecule has 2 aromatic carbocycles. The quantitative estimate of drug-likeness (QED) is 0.657. The minimum Gasteiger partial charge on any atom is -0.465 e. The summed E-state index contributed by atoms with van der Waals surface area (Å²) in [6.07, 6.45) is 1.28. The maximum absolute atomic E-state index is 12.7. The van der Waals surface area contributed by atoms with Gasteiger partial charge in [0.25, 0.3) is 5.91 Å². The highest BCUT2D eigenvalue weighted by molar-refractivity contribution is 6.33. The number of ether oxygens (including phenoxy) is 1. The van der Waals surface area contributed by atoms with Crippen molar-refractivity contribution in [3.63, 3.8) is 0 Å². The molecule has 0 bridgehead atoms. The second-order valence-electron chi connectivity index (χ2n) is 5.80. The molecule has 3 rings (SSSR count). The van der Waals surface area contributed by atoms with Crippen LogP contribution in [0.15, 0.2) is 60.9 Å². The van der Waals surface area contributed by atoms with Crippen LogP contribution in [0.1, 0.15) is 20.8 Å². The second kappa shape index (κ2) is 8.49. The number of para-hydroxylation sites is 1. The Morgan fingerprint density at radius 3 is 2.54 bits per heavy atom. The lowest BCUT2D eigenvalue weighted by atomic mass is 10.2. The van der Waals surface area contributed by atoms with E-state index in [0.717, 1.165) is 5.69 Å². The van der Waals surface area contributed by atoms with Crippen molar-refractivity contribution in [2.24, 2.45) is 0 Å². The Morgan fingerprint density at radius 2 is 1.82 bits per heavy atom. The third-order valence-electron chi connectivity index (χ3n) is 3.98. The van der Waals surface area contributed by atoms with Crippen molar-refractivity contribution < 1.29 is 14.3 Å². The van der Waals surface area contributed by atoms with Crippen LogP contribution >= 0.6 is 11.6 Å². The Labute approximate surface area is 166 Å². The number of methoxy groups -OCH3 is 1. The number of rotatable bonds is 5. The second-order valence-corrected chi connectivity index (χ2v) is 6.21. The van der Waals surface area contributed by atoms with Crippen molar-refractivity contribution in [1.82, 2.24) is 9.97 Å². The van der Waals surface area contributed by atoms with Crippen LogP contribution in [0, 0.1) is 0 Å². The van der Waals surface area contributed by atoms with Gasteiger partial charge in [-0.3, -0.25) is 4.79 Å². The molecule has 3 aromatic rings. The summed E-state index contributed by atoms with van der Waals surface area (Å²) in [6, 6.07) is 15.4. The minimum atomic E-state index is -0.484. The standard InChI is InChI=1S/C20H17ClN4O3/c1-25(14-6-4-3-5-7-14)19(26)17-11-18(23-12-22-17)24-16-10-13(20(27)28-2)8-9-15(16)21/h3-12H,1-2H3,(H,22,23,24). The zero-order valence-electron chi connectivity index (χ0n) is 15.2. The highest BCUT2D eigenvalue weighted by atomic mass is 35.5. The van der Waals surface area contributed by atoms with Gasteiger partial charge >= 0.3 is 5.97 Å². The summed E-state index contributed by atoms with van der Waals surface area (Å²) in [7, 11) is 2.97. The molecular formula is C20H17ClN4O3. The summed E-state index contributed by atoms with van der Waals surface area (Å²) in [5.74, 6) is -0.405. The van der Waals surface area contributed by atoms with Crippen LogP contribution < -0.4 is 10.2 Å². The average molecular weight is 397 g/mol. The molecule has 1 N–H and O–H groups in total. The number of halogens is 1. The van der Waals surface area contributed by atoms with Crippen LogP contribution in [0.4, 0.5) is 17.2 Å². The smallest absolute Gasteiger partial charge is 0.337 e. The molecule has 0 saturated heterocycles. The van der Waals surface area contributed by atoms with Gasteiger partial charge in [-0.15, -0.1) is 0 Å². The lowest BCUT2D eigenvalue weighted by molar-refractivity contribution is 0.0600. The number of aromatic nitrogens is 2. The molecule has 7 nitrogen and oxygen atoms in total. The number of nitrogens with zero attached hydrogens (tertiary/aromatic N) is 3. The Bertz CT molecular complexity index is 1010. The van der Waals surface area contributed by atoms with E-state index in [-0.39, 0.29) is 11.6 Å². The molecule has 0 atom stereocenters. The number of carbonyl (C=O) groups excluding carboxylic acids is 2. The summed E-state index contributed by atoms with van der Waals surface area (Å²) in [6.45, 7) is 0. The molecule has 0 aliphatic heterocycles. The number of amides is 1. The van der Waals surface area contributed by atoms with Gasteiger partial charge in [0.15, 0.2) is 0 Å². The van der Waals surface area contributed by atoms with Crippen molar-refractivity contribution in [3.05, 3.63) is 77.2 Å². The minimum absolute atomic E-state index is 0.212. The first-order valence-electron chi connectivity index (χ1n) is 8.29. The summed E-state index contributed by atoms with van der Waals surface area (Å²) in [5.41, 5.74) is 1.75. The van der Waals surface area contributed by atoms with Crippen LogP contribution in [0.2, 0.25) is 5.02 Å². The van der Waals surface area contributed by atoms with Gasteiger partial charge in [-0.1, -0.05) is 29.8 Å². The molecular weight excluding hydrogens is 380 g/mol. The Morgan fingerprint density at radius 1 is 1.07 bits per heavy atom. The molecule has 0 aliphatic rings. The number of hydrogen-bond donors (Lipinski definition) is 1. The predicted molar refractivity (Wildman–Crippen MR) is 107 cm³/mol. The highest BCUT2D eigenvalue weighted by Crippen LogP contribution is 2.26. The molecule has 0 saturated carbocycles. The van der Waals surface area contributed by atoms with Crippen molar-refractivity contribution in [2.45, 2.75) is 0 Å². The van der Waals surface area contributed by atoms with Crippen molar-refractivity contribution in [2.75, 3.05) is 24.4 Å².